The van der Waals surface area contributed by atoms with Crippen LogP contribution in [0.25, 0.3) is 0 Å². The highest BCUT2D eigenvalue weighted by molar-refractivity contribution is 6.33. The number of amides is 1. The van der Waals surface area contributed by atoms with Gasteiger partial charge in [0.1, 0.15) is 0 Å². The number of halogens is 1. The number of hydrogen-bond donors (Lipinski definition) is 1. The number of rotatable bonds is 3. The maximum atomic E-state index is 11.2. The second kappa shape index (κ2) is 5.59. The molecule has 4 nitrogen and oxygen atoms in total. The molecule has 1 saturated heterocycles. The zero-order valence-corrected chi connectivity index (χ0v) is 11.2. The van der Waals surface area contributed by atoms with Crippen molar-refractivity contribution in [1.82, 2.24) is 4.90 Å². The molecule has 0 radical (unpaired) electrons. The largest absolute Gasteiger partial charge is 0.368 e. The van der Waals surface area contributed by atoms with Crippen LogP contribution in [0.3, 0.4) is 0 Å². The van der Waals surface area contributed by atoms with Gasteiger partial charge in [-0.1, -0.05) is 23.7 Å². The average Bonchev–Trinajstić information content (AvgIpc) is 2.38. The van der Waals surface area contributed by atoms with Crippen molar-refractivity contribution in [3.8, 4) is 0 Å². The summed E-state index contributed by atoms with van der Waals surface area (Å²) in [5.41, 5.74) is 6.38. The maximum Gasteiger partial charge on any atom is 0.234 e. The Bertz CT molecular complexity index is 430. The van der Waals surface area contributed by atoms with E-state index < -0.39 is 0 Å². The van der Waals surface area contributed by atoms with Crippen molar-refractivity contribution in [1.29, 1.82) is 0 Å². The second-order valence-corrected chi connectivity index (χ2v) is 4.96. The van der Waals surface area contributed by atoms with Crippen molar-refractivity contribution in [2.45, 2.75) is 13.0 Å². The summed E-state index contributed by atoms with van der Waals surface area (Å²) in [4.78, 5) is 15.5. The average molecular weight is 268 g/mol. The molecular weight excluding hydrogens is 250 g/mol. The summed E-state index contributed by atoms with van der Waals surface area (Å²) < 4.78 is 0. The van der Waals surface area contributed by atoms with Gasteiger partial charge in [0.05, 0.1) is 16.8 Å². The van der Waals surface area contributed by atoms with E-state index in [0.29, 0.717) is 0 Å². The van der Waals surface area contributed by atoms with Crippen molar-refractivity contribution in [3.63, 3.8) is 0 Å². The fraction of sp³-hybridized carbons (Fsp3) is 0.462. The number of nitrogens with zero attached hydrogens (tertiary/aromatic N) is 2. The normalized spacial score (nSPS) is 18.7. The van der Waals surface area contributed by atoms with Crippen molar-refractivity contribution >= 4 is 23.2 Å². The number of benzene rings is 1. The molecule has 1 aliphatic heterocycles. The lowest BCUT2D eigenvalue weighted by Gasteiger charge is -2.38. The molecule has 0 spiro atoms. The Morgan fingerprint density at radius 2 is 1.89 bits per heavy atom. The number of anilines is 1. The van der Waals surface area contributed by atoms with Gasteiger partial charge in [0.2, 0.25) is 5.91 Å². The quantitative estimate of drug-likeness (QED) is 0.899. The predicted molar refractivity (Wildman–Crippen MR) is 73.9 cm³/mol. The number of carbonyl (C=O) groups excluding carboxylic acids is 1. The third kappa shape index (κ3) is 2.76. The van der Waals surface area contributed by atoms with Crippen LogP contribution in [0.5, 0.6) is 0 Å². The highest BCUT2D eigenvalue weighted by Crippen LogP contribution is 2.26. The van der Waals surface area contributed by atoms with Gasteiger partial charge in [0, 0.05) is 26.2 Å². The van der Waals surface area contributed by atoms with Gasteiger partial charge in [0.25, 0.3) is 0 Å². The van der Waals surface area contributed by atoms with E-state index in [9.17, 15) is 4.79 Å². The van der Waals surface area contributed by atoms with Crippen LogP contribution >= 0.6 is 11.6 Å². The van der Waals surface area contributed by atoms with Gasteiger partial charge >= 0.3 is 0 Å². The van der Waals surface area contributed by atoms with Gasteiger partial charge in [-0.2, -0.15) is 0 Å². The first-order chi connectivity index (χ1) is 8.59. The van der Waals surface area contributed by atoms with Crippen LogP contribution in [0.15, 0.2) is 24.3 Å². The summed E-state index contributed by atoms with van der Waals surface area (Å²) in [6.45, 7) is 5.24. The second-order valence-electron chi connectivity index (χ2n) is 4.55. The van der Waals surface area contributed by atoms with Gasteiger partial charge in [-0.05, 0) is 19.1 Å². The Morgan fingerprint density at radius 1 is 1.28 bits per heavy atom. The lowest BCUT2D eigenvalue weighted by atomic mass is 10.2. The lowest BCUT2D eigenvalue weighted by Crippen LogP contribution is -2.53. The molecule has 0 bridgehead atoms. The van der Waals surface area contributed by atoms with E-state index in [1.54, 1.807) is 0 Å². The SMILES string of the molecule is C[C@H](C(N)=O)N1CCN(c2ccccc2Cl)CC1. The molecule has 1 heterocycles. The molecule has 1 fully saturated rings. The van der Waals surface area contributed by atoms with Crippen LogP contribution < -0.4 is 10.6 Å². The first-order valence-electron chi connectivity index (χ1n) is 6.12. The Kier molecular flexibility index (Phi) is 4.09. The third-order valence-corrected chi connectivity index (χ3v) is 3.79. The van der Waals surface area contributed by atoms with E-state index in [1.165, 1.54) is 0 Å². The summed E-state index contributed by atoms with van der Waals surface area (Å²) in [6.07, 6.45) is 0. The molecule has 2 N–H and O–H groups in total. The Labute approximate surface area is 112 Å². The summed E-state index contributed by atoms with van der Waals surface area (Å²) in [5, 5.41) is 0.772. The Morgan fingerprint density at radius 3 is 2.44 bits per heavy atom. The van der Waals surface area contributed by atoms with Crippen molar-refractivity contribution in [3.05, 3.63) is 29.3 Å². The molecule has 0 unspecified atom stereocenters. The Balaban J connectivity index is 1.99. The van der Waals surface area contributed by atoms with Gasteiger partial charge in [0.15, 0.2) is 0 Å². The molecule has 1 atom stereocenters. The van der Waals surface area contributed by atoms with Crippen molar-refractivity contribution < 1.29 is 4.79 Å². The number of nitrogens with two attached hydrogens (primary N) is 1. The van der Waals surface area contributed by atoms with Gasteiger partial charge < -0.3 is 10.6 Å². The third-order valence-electron chi connectivity index (χ3n) is 3.47. The van der Waals surface area contributed by atoms with Gasteiger partial charge in [-0.25, -0.2) is 0 Å². The molecule has 0 aliphatic carbocycles. The molecule has 98 valence electrons. The molecule has 1 aliphatic rings. The zero-order valence-electron chi connectivity index (χ0n) is 10.5. The molecule has 2 rings (SSSR count). The summed E-state index contributed by atoms with van der Waals surface area (Å²) in [6, 6.07) is 7.64. The molecule has 5 heteroatoms. The number of carbonyl (C=O) groups is 1. The van der Waals surface area contributed by atoms with Crippen LogP contribution in [0.2, 0.25) is 5.02 Å². The van der Waals surface area contributed by atoms with Crippen LogP contribution in [0, 0.1) is 0 Å². The fourth-order valence-corrected chi connectivity index (χ4v) is 2.49. The minimum absolute atomic E-state index is 0.196. The molecule has 1 aromatic rings. The molecular formula is C13H18ClN3O. The maximum absolute atomic E-state index is 11.2. The summed E-state index contributed by atoms with van der Waals surface area (Å²) in [7, 11) is 0. The standard InChI is InChI=1S/C13H18ClN3O/c1-10(13(15)18)16-6-8-17(9-7-16)12-5-3-2-4-11(12)14/h2-5,10H,6-9H2,1H3,(H2,15,18)/t10-/m1/s1. The lowest BCUT2D eigenvalue weighted by molar-refractivity contribution is -0.122. The number of primary amides is 1. The van der Waals surface area contributed by atoms with Crippen molar-refractivity contribution in [2.24, 2.45) is 5.73 Å². The van der Waals surface area contributed by atoms with Crippen LogP contribution in [0.4, 0.5) is 5.69 Å². The van der Waals surface area contributed by atoms with Gasteiger partial charge in [-0.3, -0.25) is 9.69 Å². The van der Waals surface area contributed by atoms with Gasteiger partial charge in [-0.15, -0.1) is 0 Å². The number of hydrogen-bond acceptors (Lipinski definition) is 3. The van der Waals surface area contributed by atoms with Crippen LogP contribution in [-0.2, 0) is 4.79 Å². The minimum Gasteiger partial charge on any atom is -0.368 e. The summed E-state index contributed by atoms with van der Waals surface area (Å²) >= 11 is 6.18. The Hall–Kier alpha value is -1.26. The fourth-order valence-electron chi connectivity index (χ4n) is 2.24. The predicted octanol–water partition coefficient (Wildman–Crippen LogP) is 1.34. The monoisotopic (exact) mass is 267 g/mol. The van der Waals surface area contributed by atoms with E-state index in [2.05, 4.69) is 9.80 Å². The first-order valence-corrected chi connectivity index (χ1v) is 6.50. The molecule has 1 aromatic carbocycles. The van der Waals surface area contributed by atoms with E-state index in [-0.39, 0.29) is 11.9 Å². The minimum atomic E-state index is -0.263. The first kappa shape index (κ1) is 13.2. The molecule has 18 heavy (non-hydrogen) atoms. The highest BCUT2D eigenvalue weighted by Gasteiger charge is 2.24. The van der Waals surface area contributed by atoms with Crippen LogP contribution in [-0.4, -0.2) is 43.0 Å². The number of piperazine rings is 1. The van der Waals surface area contributed by atoms with E-state index >= 15 is 0 Å². The molecule has 1 amide bonds. The van der Waals surface area contributed by atoms with Crippen molar-refractivity contribution in [2.75, 3.05) is 31.1 Å². The van der Waals surface area contributed by atoms with E-state index in [1.807, 2.05) is 31.2 Å². The number of para-hydroxylation sites is 1. The van der Waals surface area contributed by atoms with Crippen LogP contribution in [0.1, 0.15) is 6.92 Å². The summed E-state index contributed by atoms with van der Waals surface area (Å²) in [5.74, 6) is -0.263. The van der Waals surface area contributed by atoms with E-state index in [4.69, 9.17) is 17.3 Å². The topological polar surface area (TPSA) is 49.6 Å². The molecule has 0 saturated carbocycles. The highest BCUT2D eigenvalue weighted by atomic mass is 35.5. The molecule has 0 aromatic heterocycles. The zero-order chi connectivity index (χ0) is 13.1. The van der Waals surface area contributed by atoms with E-state index in [0.717, 1.165) is 36.9 Å². The smallest absolute Gasteiger partial charge is 0.234 e.